The Balaban J connectivity index is 2.09. The van der Waals surface area contributed by atoms with Crippen molar-refractivity contribution in [1.82, 2.24) is 25.1 Å². The predicted molar refractivity (Wildman–Crippen MR) is 76.8 cm³/mol. The summed E-state index contributed by atoms with van der Waals surface area (Å²) in [6, 6.07) is 0.368. The summed E-state index contributed by atoms with van der Waals surface area (Å²) in [5.41, 5.74) is 0.654. The highest BCUT2D eigenvalue weighted by atomic mass is 32.2. The van der Waals surface area contributed by atoms with Gasteiger partial charge in [-0.25, -0.2) is 13.1 Å². The molecule has 1 aliphatic heterocycles. The van der Waals surface area contributed by atoms with Crippen LogP contribution in [0.4, 0.5) is 0 Å². The predicted octanol–water partition coefficient (Wildman–Crippen LogP) is -0.110. The molecule has 2 heterocycles. The van der Waals surface area contributed by atoms with E-state index in [0.717, 1.165) is 19.4 Å². The fourth-order valence-corrected chi connectivity index (χ4v) is 3.94. The SMILES string of the molecule is CNCc1cn[nH]c1S(=O)(=O)NC1CCN(C)C(C)C1. The summed E-state index contributed by atoms with van der Waals surface area (Å²) in [5, 5.41) is 9.53. The molecular weight excluding hydrogens is 278 g/mol. The van der Waals surface area contributed by atoms with Crippen LogP contribution in [0.1, 0.15) is 25.3 Å². The second-order valence-electron chi connectivity index (χ2n) is 5.43. The Bertz CT molecular complexity index is 542. The summed E-state index contributed by atoms with van der Waals surface area (Å²) in [4.78, 5) is 2.24. The van der Waals surface area contributed by atoms with Crippen LogP contribution in [-0.4, -0.2) is 56.2 Å². The van der Waals surface area contributed by atoms with Gasteiger partial charge < -0.3 is 10.2 Å². The zero-order valence-electron chi connectivity index (χ0n) is 12.2. The number of aromatic amines is 1. The van der Waals surface area contributed by atoms with Crippen LogP contribution in [0.2, 0.25) is 0 Å². The maximum Gasteiger partial charge on any atom is 0.258 e. The van der Waals surface area contributed by atoms with Crippen LogP contribution in [0.5, 0.6) is 0 Å². The van der Waals surface area contributed by atoms with Gasteiger partial charge in [0, 0.05) is 24.2 Å². The number of rotatable bonds is 5. The van der Waals surface area contributed by atoms with E-state index in [1.165, 1.54) is 0 Å². The molecule has 1 aromatic rings. The van der Waals surface area contributed by atoms with E-state index in [1.807, 2.05) is 0 Å². The van der Waals surface area contributed by atoms with Crippen LogP contribution in [0.15, 0.2) is 11.2 Å². The number of hydrogen-bond acceptors (Lipinski definition) is 5. The number of sulfonamides is 1. The Hall–Kier alpha value is -0.960. The number of nitrogens with one attached hydrogen (secondary N) is 3. The van der Waals surface area contributed by atoms with Crippen LogP contribution in [0.3, 0.4) is 0 Å². The first-order valence-electron chi connectivity index (χ1n) is 6.83. The van der Waals surface area contributed by atoms with Crippen molar-refractivity contribution in [2.45, 2.75) is 43.4 Å². The van der Waals surface area contributed by atoms with E-state index in [9.17, 15) is 8.42 Å². The van der Waals surface area contributed by atoms with Gasteiger partial charge in [-0.1, -0.05) is 0 Å². The third kappa shape index (κ3) is 3.38. The van der Waals surface area contributed by atoms with Crippen LogP contribution in [-0.2, 0) is 16.6 Å². The summed E-state index contributed by atoms with van der Waals surface area (Å²) in [5.74, 6) is 0. The highest BCUT2D eigenvalue weighted by Crippen LogP contribution is 2.19. The van der Waals surface area contributed by atoms with Gasteiger partial charge in [-0.2, -0.15) is 5.10 Å². The first-order chi connectivity index (χ1) is 9.44. The van der Waals surface area contributed by atoms with E-state index in [1.54, 1.807) is 13.2 Å². The van der Waals surface area contributed by atoms with E-state index < -0.39 is 10.0 Å². The van der Waals surface area contributed by atoms with Gasteiger partial charge in [0.05, 0.1) is 6.20 Å². The number of likely N-dealkylation sites (tertiary alicyclic amines) is 1. The summed E-state index contributed by atoms with van der Waals surface area (Å²) in [7, 11) is 0.301. The van der Waals surface area contributed by atoms with Crippen molar-refractivity contribution in [2.75, 3.05) is 20.6 Å². The molecule has 0 spiro atoms. The second kappa shape index (κ2) is 6.21. The third-order valence-corrected chi connectivity index (χ3v) is 5.38. The molecule has 1 aliphatic rings. The smallest absolute Gasteiger partial charge is 0.258 e. The fourth-order valence-electron chi connectivity index (χ4n) is 2.52. The molecule has 20 heavy (non-hydrogen) atoms. The van der Waals surface area contributed by atoms with Crippen LogP contribution < -0.4 is 10.0 Å². The van der Waals surface area contributed by atoms with Crippen molar-refractivity contribution in [3.8, 4) is 0 Å². The molecule has 2 unspecified atom stereocenters. The molecule has 0 radical (unpaired) electrons. The molecule has 0 aromatic carbocycles. The Morgan fingerprint density at radius 3 is 2.95 bits per heavy atom. The molecule has 2 atom stereocenters. The molecular formula is C12H23N5O2S. The van der Waals surface area contributed by atoms with Gasteiger partial charge in [-0.3, -0.25) is 5.10 Å². The van der Waals surface area contributed by atoms with Crippen LogP contribution in [0.25, 0.3) is 0 Å². The molecule has 114 valence electrons. The number of H-pyrrole nitrogens is 1. The van der Waals surface area contributed by atoms with Crippen molar-refractivity contribution in [3.63, 3.8) is 0 Å². The molecule has 1 saturated heterocycles. The highest BCUT2D eigenvalue weighted by molar-refractivity contribution is 7.89. The quantitative estimate of drug-likeness (QED) is 0.706. The zero-order chi connectivity index (χ0) is 14.8. The summed E-state index contributed by atoms with van der Waals surface area (Å²) < 4.78 is 27.6. The first kappa shape index (κ1) is 15.4. The van der Waals surface area contributed by atoms with Gasteiger partial charge in [0.2, 0.25) is 0 Å². The monoisotopic (exact) mass is 301 g/mol. The molecule has 0 saturated carbocycles. The normalized spacial score (nSPS) is 24.9. The van der Waals surface area contributed by atoms with Crippen LogP contribution >= 0.6 is 0 Å². The maximum atomic E-state index is 12.4. The maximum absolute atomic E-state index is 12.4. The van der Waals surface area contributed by atoms with E-state index in [4.69, 9.17) is 0 Å². The Morgan fingerprint density at radius 2 is 2.30 bits per heavy atom. The average molecular weight is 301 g/mol. The standard InChI is InChI=1S/C12H23N5O2S/c1-9-6-11(4-5-17(9)3)16-20(18,19)12-10(7-13-2)8-14-15-12/h8-9,11,13,16H,4-7H2,1-3H3,(H,14,15). The average Bonchev–Trinajstić information content (AvgIpc) is 2.83. The zero-order valence-corrected chi connectivity index (χ0v) is 13.0. The molecule has 1 fully saturated rings. The largest absolute Gasteiger partial charge is 0.316 e. The Morgan fingerprint density at radius 1 is 1.55 bits per heavy atom. The molecule has 0 aliphatic carbocycles. The summed E-state index contributed by atoms with van der Waals surface area (Å²) in [6.45, 7) is 3.49. The van der Waals surface area contributed by atoms with E-state index >= 15 is 0 Å². The third-order valence-electron chi connectivity index (χ3n) is 3.84. The van der Waals surface area contributed by atoms with Gasteiger partial charge in [-0.15, -0.1) is 0 Å². The Labute approximate surface area is 120 Å². The van der Waals surface area contributed by atoms with Crippen LogP contribution in [0, 0.1) is 0 Å². The van der Waals surface area contributed by atoms with Gasteiger partial charge in [0.25, 0.3) is 10.0 Å². The molecule has 1 aromatic heterocycles. The Kier molecular flexibility index (Phi) is 4.79. The topological polar surface area (TPSA) is 90.1 Å². The lowest BCUT2D eigenvalue weighted by atomic mass is 10.0. The minimum atomic E-state index is -3.54. The van der Waals surface area contributed by atoms with Gasteiger partial charge in [0.15, 0.2) is 5.03 Å². The van der Waals surface area contributed by atoms with Crippen molar-refractivity contribution >= 4 is 10.0 Å². The summed E-state index contributed by atoms with van der Waals surface area (Å²) >= 11 is 0. The molecule has 8 heteroatoms. The molecule has 0 amide bonds. The number of piperidine rings is 1. The fraction of sp³-hybridized carbons (Fsp3) is 0.750. The lowest BCUT2D eigenvalue weighted by molar-refractivity contribution is 0.178. The molecule has 3 N–H and O–H groups in total. The number of hydrogen-bond donors (Lipinski definition) is 3. The molecule has 7 nitrogen and oxygen atoms in total. The van der Waals surface area contributed by atoms with Crippen molar-refractivity contribution in [1.29, 1.82) is 0 Å². The minimum Gasteiger partial charge on any atom is -0.316 e. The van der Waals surface area contributed by atoms with Crippen molar-refractivity contribution in [2.24, 2.45) is 0 Å². The van der Waals surface area contributed by atoms with Crippen molar-refractivity contribution in [3.05, 3.63) is 11.8 Å². The lowest BCUT2D eigenvalue weighted by Gasteiger charge is -2.35. The summed E-state index contributed by atoms with van der Waals surface area (Å²) in [6.07, 6.45) is 3.20. The lowest BCUT2D eigenvalue weighted by Crippen LogP contribution is -2.47. The second-order valence-corrected chi connectivity index (χ2v) is 7.08. The molecule has 0 bridgehead atoms. The first-order valence-corrected chi connectivity index (χ1v) is 8.31. The highest BCUT2D eigenvalue weighted by Gasteiger charge is 2.29. The van der Waals surface area contributed by atoms with Gasteiger partial charge in [-0.05, 0) is 40.4 Å². The van der Waals surface area contributed by atoms with E-state index in [-0.39, 0.29) is 11.1 Å². The van der Waals surface area contributed by atoms with Gasteiger partial charge >= 0.3 is 0 Å². The van der Waals surface area contributed by atoms with Gasteiger partial charge in [0.1, 0.15) is 0 Å². The number of aromatic nitrogens is 2. The molecule has 2 rings (SSSR count). The minimum absolute atomic E-state index is 0.0167. The van der Waals surface area contributed by atoms with E-state index in [2.05, 4.69) is 39.1 Å². The van der Waals surface area contributed by atoms with E-state index in [0.29, 0.717) is 18.2 Å². The number of nitrogens with zero attached hydrogens (tertiary/aromatic N) is 2. The van der Waals surface area contributed by atoms with Crippen molar-refractivity contribution < 1.29 is 8.42 Å².